The van der Waals surface area contributed by atoms with Crippen LogP contribution in [0.4, 0.5) is 0 Å². The Hall–Kier alpha value is -1.19. The van der Waals surface area contributed by atoms with E-state index < -0.39 is 0 Å². The standard InChI is InChI=1S/C16H20N2S/c1-2-12-5-3-9-17-14(12)11-18-16(13-7-8-13)15-6-4-10-19-15/h3-6,9-10,13,16,18H,2,7-8,11H2,1H3. The van der Waals surface area contributed by atoms with Crippen LogP contribution in [0, 0.1) is 5.92 Å². The Morgan fingerprint density at radius 1 is 1.37 bits per heavy atom. The number of hydrogen-bond donors (Lipinski definition) is 1. The first kappa shape index (κ1) is 12.8. The molecule has 1 fully saturated rings. The van der Waals surface area contributed by atoms with Crippen LogP contribution in [-0.2, 0) is 13.0 Å². The summed E-state index contributed by atoms with van der Waals surface area (Å²) in [5.74, 6) is 0.826. The highest BCUT2D eigenvalue weighted by Crippen LogP contribution is 2.42. The van der Waals surface area contributed by atoms with Crippen molar-refractivity contribution in [3.05, 3.63) is 52.0 Å². The summed E-state index contributed by atoms with van der Waals surface area (Å²) in [4.78, 5) is 5.99. The third-order valence-electron chi connectivity index (χ3n) is 3.80. The second-order valence-electron chi connectivity index (χ2n) is 5.17. The van der Waals surface area contributed by atoms with E-state index in [1.807, 2.05) is 23.6 Å². The number of pyridine rings is 1. The fourth-order valence-electron chi connectivity index (χ4n) is 2.56. The van der Waals surface area contributed by atoms with Crippen LogP contribution < -0.4 is 5.32 Å². The van der Waals surface area contributed by atoms with E-state index in [0.29, 0.717) is 6.04 Å². The molecule has 19 heavy (non-hydrogen) atoms. The molecule has 3 rings (SSSR count). The molecule has 1 N–H and O–H groups in total. The van der Waals surface area contributed by atoms with Crippen LogP contribution in [-0.4, -0.2) is 4.98 Å². The van der Waals surface area contributed by atoms with Crippen molar-refractivity contribution in [2.24, 2.45) is 5.92 Å². The zero-order chi connectivity index (χ0) is 13.1. The Labute approximate surface area is 118 Å². The minimum absolute atomic E-state index is 0.520. The van der Waals surface area contributed by atoms with Crippen LogP contribution >= 0.6 is 11.3 Å². The Balaban J connectivity index is 1.70. The van der Waals surface area contributed by atoms with Gasteiger partial charge in [-0.1, -0.05) is 19.1 Å². The van der Waals surface area contributed by atoms with Crippen molar-refractivity contribution in [3.8, 4) is 0 Å². The molecular formula is C16H20N2S. The lowest BCUT2D eigenvalue weighted by Crippen LogP contribution is -2.23. The summed E-state index contributed by atoms with van der Waals surface area (Å²) in [5, 5.41) is 5.89. The second kappa shape index (κ2) is 5.85. The summed E-state index contributed by atoms with van der Waals surface area (Å²) in [6.07, 6.45) is 5.67. The molecule has 0 bridgehead atoms. The fourth-order valence-corrected chi connectivity index (χ4v) is 3.45. The number of hydrogen-bond acceptors (Lipinski definition) is 3. The van der Waals surface area contributed by atoms with Gasteiger partial charge in [-0.3, -0.25) is 4.98 Å². The van der Waals surface area contributed by atoms with Gasteiger partial charge in [0.05, 0.1) is 5.69 Å². The van der Waals surface area contributed by atoms with E-state index in [2.05, 4.69) is 40.8 Å². The van der Waals surface area contributed by atoms with Crippen molar-refractivity contribution in [1.82, 2.24) is 10.3 Å². The molecule has 0 spiro atoms. The molecule has 0 aromatic carbocycles. The van der Waals surface area contributed by atoms with E-state index in [1.165, 1.54) is 29.0 Å². The van der Waals surface area contributed by atoms with Gasteiger partial charge in [0.15, 0.2) is 0 Å². The molecule has 3 heteroatoms. The molecule has 2 aromatic rings. The van der Waals surface area contributed by atoms with Crippen LogP contribution in [0.3, 0.4) is 0 Å². The first-order chi connectivity index (χ1) is 9.38. The van der Waals surface area contributed by atoms with Crippen molar-refractivity contribution in [3.63, 3.8) is 0 Å². The van der Waals surface area contributed by atoms with E-state index in [9.17, 15) is 0 Å². The van der Waals surface area contributed by atoms with Gasteiger partial charge in [0.25, 0.3) is 0 Å². The molecule has 0 aliphatic heterocycles. The van der Waals surface area contributed by atoms with Gasteiger partial charge in [0.1, 0.15) is 0 Å². The number of nitrogens with one attached hydrogen (secondary N) is 1. The molecule has 0 amide bonds. The number of rotatable bonds is 6. The topological polar surface area (TPSA) is 24.9 Å². The second-order valence-corrected chi connectivity index (χ2v) is 6.15. The third-order valence-corrected chi connectivity index (χ3v) is 4.75. The van der Waals surface area contributed by atoms with Gasteiger partial charge >= 0.3 is 0 Å². The highest BCUT2D eigenvalue weighted by Gasteiger charge is 2.32. The number of aromatic nitrogens is 1. The molecule has 1 aliphatic rings. The van der Waals surface area contributed by atoms with Crippen molar-refractivity contribution in [2.45, 2.75) is 38.8 Å². The van der Waals surface area contributed by atoms with Gasteiger partial charge in [-0.25, -0.2) is 0 Å². The van der Waals surface area contributed by atoms with Gasteiger partial charge in [-0.05, 0) is 48.3 Å². The van der Waals surface area contributed by atoms with Gasteiger partial charge in [-0.15, -0.1) is 11.3 Å². The Kier molecular flexibility index (Phi) is 3.95. The molecule has 1 saturated carbocycles. The monoisotopic (exact) mass is 272 g/mol. The average Bonchev–Trinajstić information content (AvgIpc) is 3.14. The maximum Gasteiger partial charge on any atom is 0.0573 e. The van der Waals surface area contributed by atoms with Crippen LogP contribution in [0.15, 0.2) is 35.8 Å². The van der Waals surface area contributed by atoms with E-state index in [4.69, 9.17) is 0 Å². The zero-order valence-corrected chi connectivity index (χ0v) is 12.1. The smallest absolute Gasteiger partial charge is 0.0573 e. The van der Waals surface area contributed by atoms with Crippen molar-refractivity contribution < 1.29 is 0 Å². The molecule has 0 saturated heterocycles. The lowest BCUT2D eigenvalue weighted by atomic mass is 10.1. The summed E-state index contributed by atoms with van der Waals surface area (Å²) in [7, 11) is 0. The highest BCUT2D eigenvalue weighted by molar-refractivity contribution is 7.10. The number of nitrogens with zero attached hydrogens (tertiary/aromatic N) is 1. The quantitative estimate of drug-likeness (QED) is 0.861. The van der Waals surface area contributed by atoms with Crippen molar-refractivity contribution in [1.29, 1.82) is 0 Å². The predicted octanol–water partition coefficient (Wildman–Crippen LogP) is 3.95. The molecule has 2 heterocycles. The van der Waals surface area contributed by atoms with Crippen molar-refractivity contribution >= 4 is 11.3 Å². The first-order valence-corrected chi connectivity index (χ1v) is 7.96. The highest BCUT2D eigenvalue weighted by atomic mass is 32.1. The number of thiophene rings is 1. The minimum Gasteiger partial charge on any atom is -0.303 e. The van der Waals surface area contributed by atoms with E-state index >= 15 is 0 Å². The zero-order valence-electron chi connectivity index (χ0n) is 11.3. The number of aryl methyl sites for hydroxylation is 1. The summed E-state index contributed by atoms with van der Waals surface area (Å²) in [6, 6.07) is 9.13. The first-order valence-electron chi connectivity index (χ1n) is 7.08. The molecule has 2 nitrogen and oxygen atoms in total. The Morgan fingerprint density at radius 3 is 2.95 bits per heavy atom. The van der Waals surface area contributed by atoms with Gasteiger partial charge in [0.2, 0.25) is 0 Å². The maximum absolute atomic E-state index is 4.52. The van der Waals surface area contributed by atoms with Gasteiger partial charge < -0.3 is 5.32 Å². The van der Waals surface area contributed by atoms with E-state index in [-0.39, 0.29) is 0 Å². The largest absolute Gasteiger partial charge is 0.303 e. The van der Waals surface area contributed by atoms with E-state index in [0.717, 1.165) is 18.9 Å². The molecule has 100 valence electrons. The lowest BCUT2D eigenvalue weighted by Gasteiger charge is -2.17. The summed E-state index contributed by atoms with van der Waals surface area (Å²) < 4.78 is 0. The minimum atomic E-state index is 0.520. The Morgan fingerprint density at radius 2 is 2.26 bits per heavy atom. The van der Waals surface area contributed by atoms with Gasteiger partial charge in [-0.2, -0.15) is 0 Å². The SMILES string of the molecule is CCc1cccnc1CNC(c1cccs1)C1CC1. The van der Waals surface area contributed by atoms with E-state index in [1.54, 1.807) is 0 Å². The molecule has 1 unspecified atom stereocenters. The maximum atomic E-state index is 4.52. The molecule has 1 aliphatic carbocycles. The molecule has 2 aromatic heterocycles. The summed E-state index contributed by atoms with van der Waals surface area (Å²) in [6.45, 7) is 3.07. The van der Waals surface area contributed by atoms with Crippen molar-refractivity contribution in [2.75, 3.05) is 0 Å². The summed E-state index contributed by atoms with van der Waals surface area (Å²) >= 11 is 1.86. The molecular weight excluding hydrogens is 252 g/mol. The fraction of sp³-hybridized carbons (Fsp3) is 0.438. The molecule has 0 radical (unpaired) electrons. The van der Waals surface area contributed by atoms with Crippen LogP contribution in [0.1, 0.15) is 41.9 Å². The average molecular weight is 272 g/mol. The van der Waals surface area contributed by atoms with Crippen LogP contribution in [0.2, 0.25) is 0 Å². The molecule has 1 atom stereocenters. The van der Waals surface area contributed by atoms with Crippen LogP contribution in [0.5, 0.6) is 0 Å². The predicted molar refractivity (Wildman–Crippen MR) is 80.2 cm³/mol. The Bertz CT molecular complexity index is 517. The summed E-state index contributed by atoms with van der Waals surface area (Å²) in [5.41, 5.74) is 2.56. The normalized spacial score (nSPS) is 16.5. The lowest BCUT2D eigenvalue weighted by molar-refractivity contribution is 0.482. The van der Waals surface area contributed by atoms with Gasteiger partial charge in [0, 0.05) is 23.7 Å². The van der Waals surface area contributed by atoms with Crippen LogP contribution in [0.25, 0.3) is 0 Å². The third kappa shape index (κ3) is 3.04.